The largest absolute Gasteiger partial charge is 0.459 e. The molecule has 2 aliphatic rings. The molecule has 2 atom stereocenters. The molecule has 0 spiro atoms. The second kappa shape index (κ2) is 9.29. The number of rotatable bonds is 5. The lowest BCUT2D eigenvalue weighted by Gasteiger charge is -2.29. The van der Waals surface area contributed by atoms with E-state index in [1.54, 1.807) is 38.1 Å². The highest BCUT2D eigenvalue weighted by Gasteiger charge is 2.31. The molecule has 4 rings (SSSR count). The highest BCUT2D eigenvalue weighted by atomic mass is 19.2. The number of benzene rings is 2. The molecule has 0 saturated heterocycles. The highest BCUT2D eigenvalue weighted by Crippen LogP contribution is 2.40. The molecule has 0 bridgehead atoms. The summed E-state index contributed by atoms with van der Waals surface area (Å²) in [5.74, 6) is -3.17. The molecule has 0 N–H and O–H groups in total. The lowest BCUT2D eigenvalue weighted by atomic mass is 9.76. The molecule has 2 nitrogen and oxygen atoms in total. The van der Waals surface area contributed by atoms with E-state index in [0.717, 1.165) is 32.1 Å². The number of carbonyl (C=O) groups is 1. The van der Waals surface area contributed by atoms with Gasteiger partial charge in [-0.1, -0.05) is 51.0 Å². The molecule has 1 fully saturated rings. The van der Waals surface area contributed by atoms with Crippen LogP contribution in [0.3, 0.4) is 0 Å². The third-order valence-electron chi connectivity index (χ3n) is 7.34. The fraction of sp³-hybridized carbons (Fsp3) is 0.519. The molecule has 1 aliphatic heterocycles. The second-order valence-corrected chi connectivity index (χ2v) is 9.52. The standard InChI is InChI=1S/C27H31F3O2/c1-4-5-17-6-8-18(9-7-17)22-13-12-21(25(29)26(22)30)16(3)20-11-10-19-14-15(2)32-27(31)23(19)24(20)28/h10-13,15-18H,4-9,14H2,1-3H3. The van der Waals surface area contributed by atoms with Crippen LogP contribution < -0.4 is 0 Å². The van der Waals surface area contributed by atoms with Crippen molar-refractivity contribution >= 4 is 5.97 Å². The fourth-order valence-corrected chi connectivity index (χ4v) is 5.52. The minimum atomic E-state index is -0.918. The van der Waals surface area contributed by atoms with Gasteiger partial charge in [-0.3, -0.25) is 0 Å². The van der Waals surface area contributed by atoms with Crippen molar-refractivity contribution in [2.75, 3.05) is 0 Å². The summed E-state index contributed by atoms with van der Waals surface area (Å²) < 4.78 is 50.7. The van der Waals surface area contributed by atoms with Crippen molar-refractivity contribution in [3.63, 3.8) is 0 Å². The zero-order valence-electron chi connectivity index (χ0n) is 19.0. The van der Waals surface area contributed by atoms with E-state index < -0.39 is 29.3 Å². The molecule has 0 radical (unpaired) electrons. The Kier molecular flexibility index (Phi) is 6.64. The van der Waals surface area contributed by atoms with Crippen LogP contribution in [0.5, 0.6) is 0 Å². The fourth-order valence-electron chi connectivity index (χ4n) is 5.52. The van der Waals surface area contributed by atoms with Crippen LogP contribution in [0.15, 0.2) is 24.3 Å². The number of esters is 1. The van der Waals surface area contributed by atoms with Crippen LogP contribution >= 0.6 is 0 Å². The molecule has 172 valence electrons. The summed E-state index contributed by atoms with van der Waals surface area (Å²) >= 11 is 0. The van der Waals surface area contributed by atoms with Gasteiger partial charge in [0.1, 0.15) is 11.9 Å². The van der Waals surface area contributed by atoms with E-state index in [0.29, 0.717) is 23.5 Å². The lowest BCUT2D eigenvalue weighted by Crippen LogP contribution is -2.27. The average molecular weight is 445 g/mol. The summed E-state index contributed by atoms with van der Waals surface area (Å²) in [4.78, 5) is 12.2. The minimum Gasteiger partial charge on any atom is -0.459 e. The maximum Gasteiger partial charge on any atom is 0.341 e. The molecule has 0 amide bonds. The van der Waals surface area contributed by atoms with Crippen LogP contribution in [-0.2, 0) is 11.2 Å². The van der Waals surface area contributed by atoms with E-state index in [9.17, 15) is 4.79 Å². The van der Waals surface area contributed by atoms with Gasteiger partial charge in [0.05, 0.1) is 5.56 Å². The number of hydrogen-bond acceptors (Lipinski definition) is 2. The summed E-state index contributed by atoms with van der Waals surface area (Å²) in [5, 5.41) is 0. The van der Waals surface area contributed by atoms with Crippen LogP contribution in [0.25, 0.3) is 0 Å². The van der Waals surface area contributed by atoms with E-state index in [-0.39, 0.29) is 28.7 Å². The molecule has 2 aromatic rings. The maximum absolute atomic E-state index is 15.3. The van der Waals surface area contributed by atoms with Crippen molar-refractivity contribution in [3.8, 4) is 0 Å². The van der Waals surface area contributed by atoms with Crippen LogP contribution in [0.4, 0.5) is 13.2 Å². The number of hydrogen-bond donors (Lipinski definition) is 0. The number of ether oxygens (including phenoxy) is 1. The Morgan fingerprint density at radius 1 is 0.969 bits per heavy atom. The number of halogens is 3. The van der Waals surface area contributed by atoms with Gasteiger partial charge in [0.25, 0.3) is 0 Å². The van der Waals surface area contributed by atoms with Gasteiger partial charge in [-0.25, -0.2) is 18.0 Å². The predicted molar refractivity (Wildman–Crippen MR) is 118 cm³/mol. The molecule has 32 heavy (non-hydrogen) atoms. The lowest BCUT2D eigenvalue weighted by molar-refractivity contribution is 0.0294. The van der Waals surface area contributed by atoms with Gasteiger partial charge in [0.15, 0.2) is 11.6 Å². The molecule has 2 unspecified atom stereocenters. The number of cyclic esters (lactones) is 1. The Morgan fingerprint density at radius 2 is 1.62 bits per heavy atom. The normalized spacial score (nSPS) is 24.1. The van der Waals surface area contributed by atoms with Gasteiger partial charge in [0.2, 0.25) is 0 Å². The first kappa shape index (κ1) is 22.9. The number of carbonyl (C=O) groups excluding carboxylic acids is 1. The third kappa shape index (κ3) is 4.18. The summed E-state index contributed by atoms with van der Waals surface area (Å²) in [6.07, 6.45) is 6.31. The topological polar surface area (TPSA) is 26.3 Å². The van der Waals surface area contributed by atoms with Crippen molar-refractivity contribution < 1.29 is 22.7 Å². The average Bonchev–Trinajstić information content (AvgIpc) is 2.76. The quantitative estimate of drug-likeness (QED) is 0.448. The van der Waals surface area contributed by atoms with Gasteiger partial charge in [0, 0.05) is 12.3 Å². The van der Waals surface area contributed by atoms with Crippen molar-refractivity contribution in [2.45, 2.75) is 83.7 Å². The summed E-state index contributed by atoms with van der Waals surface area (Å²) in [6, 6.07) is 6.51. The zero-order valence-corrected chi connectivity index (χ0v) is 19.0. The van der Waals surface area contributed by atoms with Gasteiger partial charge < -0.3 is 4.74 Å². The minimum absolute atomic E-state index is 0.0270. The third-order valence-corrected chi connectivity index (χ3v) is 7.34. The summed E-state index contributed by atoms with van der Waals surface area (Å²) in [6.45, 7) is 5.57. The SMILES string of the molecule is CCCC1CCC(c2ccc(C(C)c3ccc4c(c3F)C(=O)OC(C)C4)c(F)c2F)CC1. The van der Waals surface area contributed by atoms with Crippen molar-refractivity contribution in [1.82, 2.24) is 0 Å². The molecular formula is C27H31F3O2. The first-order chi connectivity index (χ1) is 15.3. The Hall–Kier alpha value is -2.30. The Bertz CT molecular complexity index is 1010. The number of fused-ring (bicyclic) bond motifs is 1. The molecular weight excluding hydrogens is 413 g/mol. The smallest absolute Gasteiger partial charge is 0.341 e. The Morgan fingerprint density at radius 3 is 2.31 bits per heavy atom. The van der Waals surface area contributed by atoms with E-state index >= 15 is 13.2 Å². The van der Waals surface area contributed by atoms with E-state index in [1.165, 1.54) is 6.42 Å². The monoisotopic (exact) mass is 444 g/mol. The van der Waals surface area contributed by atoms with Crippen LogP contribution in [0.2, 0.25) is 0 Å². The predicted octanol–water partition coefficient (Wildman–Crippen LogP) is 7.43. The summed E-state index contributed by atoms with van der Waals surface area (Å²) in [7, 11) is 0. The van der Waals surface area contributed by atoms with Gasteiger partial charge >= 0.3 is 5.97 Å². The first-order valence-electron chi connectivity index (χ1n) is 11.8. The van der Waals surface area contributed by atoms with Crippen LogP contribution in [0, 0.1) is 23.4 Å². The van der Waals surface area contributed by atoms with Crippen LogP contribution in [0.1, 0.15) is 104 Å². The molecule has 5 heteroatoms. The zero-order chi connectivity index (χ0) is 23.0. The van der Waals surface area contributed by atoms with E-state index in [4.69, 9.17) is 4.74 Å². The second-order valence-electron chi connectivity index (χ2n) is 9.52. The summed E-state index contributed by atoms with van der Waals surface area (Å²) in [5.41, 5.74) is 1.19. The van der Waals surface area contributed by atoms with Crippen molar-refractivity contribution in [2.24, 2.45) is 5.92 Å². The first-order valence-corrected chi connectivity index (χ1v) is 11.8. The van der Waals surface area contributed by atoms with Gasteiger partial charge in [-0.05, 0) is 66.7 Å². The molecule has 0 aromatic heterocycles. The molecule has 1 heterocycles. The Labute approximate surface area is 188 Å². The van der Waals surface area contributed by atoms with Crippen molar-refractivity contribution in [1.29, 1.82) is 0 Å². The molecule has 1 aliphatic carbocycles. The highest BCUT2D eigenvalue weighted by molar-refractivity contribution is 5.93. The molecule has 2 aromatic carbocycles. The van der Waals surface area contributed by atoms with Gasteiger partial charge in [-0.15, -0.1) is 0 Å². The van der Waals surface area contributed by atoms with Crippen LogP contribution in [-0.4, -0.2) is 12.1 Å². The maximum atomic E-state index is 15.3. The van der Waals surface area contributed by atoms with Gasteiger partial charge in [-0.2, -0.15) is 0 Å². The molecule has 1 saturated carbocycles. The van der Waals surface area contributed by atoms with E-state index in [1.807, 2.05) is 0 Å². The van der Waals surface area contributed by atoms with Crippen molar-refractivity contribution in [3.05, 3.63) is 69.5 Å². The van der Waals surface area contributed by atoms with E-state index in [2.05, 4.69) is 6.92 Å². The Balaban J connectivity index is 1.61.